The van der Waals surface area contributed by atoms with Crippen molar-refractivity contribution in [2.24, 2.45) is 5.73 Å². The molecule has 0 radical (unpaired) electrons. The fourth-order valence-corrected chi connectivity index (χ4v) is 3.69. The summed E-state index contributed by atoms with van der Waals surface area (Å²) in [6.45, 7) is 5.19. The number of hydrogen-bond acceptors (Lipinski definition) is 2. The van der Waals surface area contributed by atoms with Crippen molar-refractivity contribution < 1.29 is 0 Å². The molecule has 20 heavy (non-hydrogen) atoms. The molecule has 2 aromatic rings. The van der Waals surface area contributed by atoms with Crippen molar-refractivity contribution in [3.63, 3.8) is 0 Å². The van der Waals surface area contributed by atoms with Crippen LogP contribution in [0.3, 0.4) is 0 Å². The Morgan fingerprint density at radius 2 is 1.90 bits per heavy atom. The molecule has 1 saturated carbocycles. The molecule has 2 N–H and O–H groups in total. The third-order valence-corrected chi connectivity index (χ3v) is 4.79. The highest BCUT2D eigenvalue weighted by Crippen LogP contribution is 2.40. The Kier molecular flexibility index (Phi) is 3.55. The molecule has 3 nitrogen and oxygen atoms in total. The van der Waals surface area contributed by atoms with Crippen LogP contribution in [0.15, 0.2) is 24.3 Å². The van der Waals surface area contributed by atoms with Crippen molar-refractivity contribution in [1.29, 1.82) is 0 Å². The molecule has 1 fully saturated rings. The molecule has 1 aromatic carbocycles. The summed E-state index contributed by atoms with van der Waals surface area (Å²) in [6, 6.07) is 8.88. The van der Waals surface area contributed by atoms with Crippen LogP contribution in [0.4, 0.5) is 0 Å². The Labute approximate surface area is 121 Å². The zero-order valence-electron chi connectivity index (χ0n) is 12.6. The van der Waals surface area contributed by atoms with Crippen LogP contribution in [-0.4, -0.2) is 16.1 Å². The second-order valence-electron chi connectivity index (χ2n) is 6.43. The Hall–Kier alpha value is -1.35. The van der Waals surface area contributed by atoms with Crippen molar-refractivity contribution >= 4 is 11.0 Å². The highest BCUT2D eigenvalue weighted by atomic mass is 15.1. The lowest BCUT2D eigenvalue weighted by atomic mass is 9.73. The first-order chi connectivity index (χ1) is 9.68. The minimum atomic E-state index is 0.0849. The Morgan fingerprint density at radius 3 is 2.55 bits per heavy atom. The molecule has 3 rings (SSSR count). The van der Waals surface area contributed by atoms with E-state index in [-0.39, 0.29) is 5.41 Å². The minimum Gasteiger partial charge on any atom is -0.329 e. The van der Waals surface area contributed by atoms with Gasteiger partial charge in [-0.1, -0.05) is 31.4 Å². The molecule has 0 amide bonds. The average Bonchev–Trinajstić information content (AvgIpc) is 2.88. The monoisotopic (exact) mass is 271 g/mol. The van der Waals surface area contributed by atoms with Crippen LogP contribution in [0.1, 0.15) is 57.8 Å². The average molecular weight is 271 g/mol. The first kappa shape index (κ1) is 13.6. The zero-order chi connectivity index (χ0) is 14.2. The number of nitrogens with two attached hydrogens (primary N) is 1. The fourth-order valence-electron chi connectivity index (χ4n) is 3.69. The van der Waals surface area contributed by atoms with Gasteiger partial charge in [0.1, 0.15) is 5.82 Å². The van der Waals surface area contributed by atoms with Gasteiger partial charge < -0.3 is 10.3 Å². The van der Waals surface area contributed by atoms with Gasteiger partial charge in [-0.3, -0.25) is 0 Å². The number of nitrogens with zero attached hydrogens (tertiary/aromatic N) is 2. The number of hydrogen-bond donors (Lipinski definition) is 1. The third-order valence-electron chi connectivity index (χ3n) is 4.79. The number of para-hydroxylation sites is 2. The lowest BCUT2D eigenvalue weighted by molar-refractivity contribution is 0.274. The van der Waals surface area contributed by atoms with E-state index < -0.39 is 0 Å². The van der Waals surface area contributed by atoms with Crippen molar-refractivity contribution in [2.45, 2.75) is 57.4 Å². The van der Waals surface area contributed by atoms with Gasteiger partial charge in [-0.25, -0.2) is 4.98 Å². The van der Waals surface area contributed by atoms with Crippen molar-refractivity contribution in [3.05, 3.63) is 30.1 Å². The van der Waals surface area contributed by atoms with Crippen LogP contribution in [-0.2, 0) is 5.41 Å². The molecule has 1 aliphatic rings. The largest absolute Gasteiger partial charge is 0.329 e. The van der Waals surface area contributed by atoms with Gasteiger partial charge in [0.2, 0.25) is 0 Å². The minimum absolute atomic E-state index is 0.0849. The molecule has 1 heterocycles. The van der Waals surface area contributed by atoms with E-state index in [4.69, 9.17) is 10.7 Å². The van der Waals surface area contributed by atoms with Gasteiger partial charge in [-0.05, 0) is 38.8 Å². The maximum Gasteiger partial charge on any atom is 0.117 e. The van der Waals surface area contributed by atoms with Gasteiger partial charge in [0, 0.05) is 18.0 Å². The second kappa shape index (κ2) is 5.21. The first-order valence-electron chi connectivity index (χ1n) is 7.85. The standard InChI is InChI=1S/C17H25N3/c1-13(2)20-15-9-5-4-8-14(15)19-16(20)17(12-18)10-6-3-7-11-17/h4-5,8-9,13H,3,6-7,10-12,18H2,1-2H3. The molecule has 1 aromatic heterocycles. The molecular weight excluding hydrogens is 246 g/mol. The molecular formula is C17H25N3. The maximum atomic E-state index is 6.21. The molecule has 1 aliphatic carbocycles. The predicted octanol–water partition coefficient (Wildman–Crippen LogP) is 3.78. The van der Waals surface area contributed by atoms with Gasteiger partial charge in [-0.15, -0.1) is 0 Å². The summed E-state index contributed by atoms with van der Waals surface area (Å²) in [5.41, 5.74) is 8.64. The molecule has 3 heteroatoms. The number of fused-ring (bicyclic) bond motifs is 1. The Balaban J connectivity index is 2.21. The summed E-state index contributed by atoms with van der Waals surface area (Å²) in [7, 11) is 0. The van der Waals surface area contributed by atoms with Crippen molar-refractivity contribution in [2.75, 3.05) is 6.54 Å². The second-order valence-corrected chi connectivity index (χ2v) is 6.43. The topological polar surface area (TPSA) is 43.8 Å². The van der Waals surface area contributed by atoms with E-state index in [9.17, 15) is 0 Å². The first-order valence-corrected chi connectivity index (χ1v) is 7.85. The Bertz CT molecular complexity index is 591. The lowest BCUT2D eigenvalue weighted by Gasteiger charge is -2.36. The molecule has 0 saturated heterocycles. The highest BCUT2D eigenvalue weighted by Gasteiger charge is 2.37. The van der Waals surface area contributed by atoms with E-state index in [2.05, 4.69) is 42.7 Å². The van der Waals surface area contributed by atoms with Gasteiger partial charge in [0.05, 0.1) is 11.0 Å². The van der Waals surface area contributed by atoms with Crippen LogP contribution in [0, 0.1) is 0 Å². The third kappa shape index (κ3) is 2.05. The molecule has 0 unspecified atom stereocenters. The van der Waals surface area contributed by atoms with Gasteiger partial charge in [-0.2, -0.15) is 0 Å². The summed E-state index contributed by atoms with van der Waals surface area (Å²) in [6.07, 6.45) is 6.25. The summed E-state index contributed by atoms with van der Waals surface area (Å²) in [4.78, 5) is 4.98. The maximum absolute atomic E-state index is 6.21. The molecule has 0 aliphatic heterocycles. The number of benzene rings is 1. The zero-order valence-corrected chi connectivity index (χ0v) is 12.6. The smallest absolute Gasteiger partial charge is 0.117 e. The summed E-state index contributed by atoms with van der Waals surface area (Å²) in [5.74, 6) is 1.22. The molecule has 0 atom stereocenters. The van der Waals surface area contributed by atoms with Crippen LogP contribution >= 0.6 is 0 Å². The van der Waals surface area contributed by atoms with E-state index in [1.807, 2.05) is 0 Å². The highest BCUT2D eigenvalue weighted by molar-refractivity contribution is 5.76. The van der Waals surface area contributed by atoms with Crippen molar-refractivity contribution in [3.8, 4) is 0 Å². The van der Waals surface area contributed by atoms with E-state index in [1.54, 1.807) is 0 Å². The van der Waals surface area contributed by atoms with Crippen LogP contribution in [0.2, 0.25) is 0 Å². The summed E-state index contributed by atoms with van der Waals surface area (Å²) >= 11 is 0. The SMILES string of the molecule is CC(C)n1c(C2(CN)CCCCC2)nc2ccccc21. The van der Waals surface area contributed by atoms with Gasteiger partial charge in [0.25, 0.3) is 0 Å². The molecule has 108 valence electrons. The normalized spacial score (nSPS) is 18.8. The molecule has 0 bridgehead atoms. The van der Waals surface area contributed by atoms with Gasteiger partial charge >= 0.3 is 0 Å². The van der Waals surface area contributed by atoms with E-state index in [0.29, 0.717) is 12.6 Å². The number of rotatable bonds is 3. The lowest BCUT2D eigenvalue weighted by Crippen LogP contribution is -2.40. The van der Waals surface area contributed by atoms with Crippen LogP contribution in [0.25, 0.3) is 11.0 Å². The number of imidazole rings is 1. The summed E-state index contributed by atoms with van der Waals surface area (Å²) in [5, 5.41) is 0. The Morgan fingerprint density at radius 1 is 1.20 bits per heavy atom. The van der Waals surface area contributed by atoms with Gasteiger partial charge in [0.15, 0.2) is 0 Å². The fraction of sp³-hybridized carbons (Fsp3) is 0.588. The quantitative estimate of drug-likeness (QED) is 0.923. The van der Waals surface area contributed by atoms with E-state index in [0.717, 1.165) is 5.52 Å². The van der Waals surface area contributed by atoms with E-state index >= 15 is 0 Å². The van der Waals surface area contributed by atoms with Crippen molar-refractivity contribution in [1.82, 2.24) is 9.55 Å². The van der Waals surface area contributed by atoms with E-state index in [1.165, 1.54) is 43.4 Å². The molecule has 0 spiro atoms. The number of aromatic nitrogens is 2. The summed E-state index contributed by atoms with van der Waals surface area (Å²) < 4.78 is 2.41. The van der Waals surface area contributed by atoms with Crippen LogP contribution < -0.4 is 5.73 Å². The van der Waals surface area contributed by atoms with Crippen LogP contribution in [0.5, 0.6) is 0 Å². The predicted molar refractivity (Wildman–Crippen MR) is 83.9 cm³/mol.